The summed E-state index contributed by atoms with van der Waals surface area (Å²) in [7, 11) is 1.87. The van der Waals surface area contributed by atoms with E-state index in [9.17, 15) is 9.59 Å². The Morgan fingerprint density at radius 1 is 1.36 bits per heavy atom. The second-order valence-corrected chi connectivity index (χ2v) is 6.92. The third-order valence-corrected chi connectivity index (χ3v) is 5.05. The fourth-order valence-electron chi connectivity index (χ4n) is 3.69. The van der Waals surface area contributed by atoms with Crippen LogP contribution in [0.3, 0.4) is 0 Å². The van der Waals surface area contributed by atoms with E-state index in [-0.39, 0.29) is 29.9 Å². The van der Waals surface area contributed by atoms with Crippen LogP contribution in [0, 0.1) is 6.92 Å². The molecule has 1 aliphatic carbocycles. The average Bonchev–Trinajstić information content (AvgIpc) is 3.18. The van der Waals surface area contributed by atoms with E-state index in [2.05, 4.69) is 10.4 Å². The van der Waals surface area contributed by atoms with Gasteiger partial charge in [-0.15, -0.1) is 0 Å². The van der Waals surface area contributed by atoms with E-state index in [1.54, 1.807) is 16.9 Å². The summed E-state index contributed by atoms with van der Waals surface area (Å²) in [5.74, 6) is 0.698. The van der Waals surface area contributed by atoms with Crippen LogP contribution < -0.4 is 5.32 Å². The highest BCUT2D eigenvalue weighted by Gasteiger charge is 2.45. The Balaban J connectivity index is 1.63. The van der Waals surface area contributed by atoms with Crippen LogP contribution in [-0.4, -0.2) is 38.6 Å². The molecule has 2 amide bonds. The summed E-state index contributed by atoms with van der Waals surface area (Å²) in [6.07, 6.45) is 6.35. The van der Waals surface area contributed by atoms with Crippen molar-refractivity contribution in [3.8, 4) is 0 Å². The van der Waals surface area contributed by atoms with Crippen LogP contribution in [0.25, 0.3) is 0 Å². The number of carbonyl (C=O) groups is 2. The van der Waals surface area contributed by atoms with Gasteiger partial charge in [0.2, 0.25) is 5.91 Å². The monoisotopic (exact) mass is 342 g/mol. The molecular weight excluding hydrogens is 320 g/mol. The lowest BCUT2D eigenvalue weighted by atomic mass is 9.92. The molecule has 0 unspecified atom stereocenters. The van der Waals surface area contributed by atoms with E-state index in [1.807, 2.05) is 24.9 Å². The standard InChI is InChI=1S/C18H22N4O3/c1-11-9-12(10-25-11)18(24)20-14-5-6-16(23)22(13-3-4-13)17(14)15-7-8-19-21(15)2/h7-10,13-14,17H,3-6H2,1-2H3,(H,20,24)/t14-,17-/m1/s1. The third-order valence-electron chi connectivity index (χ3n) is 5.05. The molecule has 2 aromatic rings. The first kappa shape index (κ1) is 15.9. The maximum absolute atomic E-state index is 12.6. The Hall–Kier alpha value is -2.57. The van der Waals surface area contributed by atoms with Gasteiger partial charge >= 0.3 is 0 Å². The number of aryl methyl sites for hydroxylation is 2. The van der Waals surface area contributed by atoms with Gasteiger partial charge in [0.25, 0.3) is 5.91 Å². The molecule has 25 heavy (non-hydrogen) atoms. The van der Waals surface area contributed by atoms with Crippen molar-refractivity contribution in [3.05, 3.63) is 41.6 Å². The lowest BCUT2D eigenvalue weighted by molar-refractivity contribution is -0.138. The molecule has 1 saturated carbocycles. The molecule has 0 aromatic carbocycles. The van der Waals surface area contributed by atoms with Gasteiger partial charge in [-0.25, -0.2) is 0 Å². The number of piperidine rings is 1. The van der Waals surface area contributed by atoms with Crippen molar-refractivity contribution in [2.45, 2.75) is 50.7 Å². The Morgan fingerprint density at radius 3 is 2.76 bits per heavy atom. The highest BCUT2D eigenvalue weighted by molar-refractivity contribution is 5.94. The number of rotatable bonds is 4. The molecule has 2 fully saturated rings. The summed E-state index contributed by atoms with van der Waals surface area (Å²) in [4.78, 5) is 27.1. The minimum absolute atomic E-state index is 0.142. The van der Waals surface area contributed by atoms with Crippen LogP contribution >= 0.6 is 0 Å². The molecule has 2 atom stereocenters. The molecule has 1 saturated heterocycles. The highest BCUT2D eigenvalue weighted by Crippen LogP contribution is 2.40. The molecule has 132 valence electrons. The largest absolute Gasteiger partial charge is 0.469 e. The van der Waals surface area contributed by atoms with E-state index in [1.165, 1.54) is 6.26 Å². The fourth-order valence-corrected chi connectivity index (χ4v) is 3.69. The number of nitrogens with zero attached hydrogens (tertiary/aromatic N) is 3. The van der Waals surface area contributed by atoms with Crippen molar-refractivity contribution in [1.82, 2.24) is 20.0 Å². The molecule has 2 aliphatic rings. The molecule has 2 aromatic heterocycles. The molecule has 4 rings (SSSR count). The van der Waals surface area contributed by atoms with E-state index in [4.69, 9.17) is 4.42 Å². The van der Waals surface area contributed by atoms with Crippen molar-refractivity contribution in [3.63, 3.8) is 0 Å². The SMILES string of the molecule is Cc1cc(C(=O)N[C@@H]2CCC(=O)N(C3CC3)[C@H]2c2ccnn2C)co1. The molecule has 1 aliphatic heterocycles. The Morgan fingerprint density at radius 2 is 2.16 bits per heavy atom. The predicted molar refractivity (Wildman–Crippen MR) is 89.8 cm³/mol. The number of hydrogen-bond donors (Lipinski definition) is 1. The van der Waals surface area contributed by atoms with Crippen LogP contribution in [0.4, 0.5) is 0 Å². The van der Waals surface area contributed by atoms with Crippen molar-refractivity contribution in [1.29, 1.82) is 0 Å². The van der Waals surface area contributed by atoms with Crippen LogP contribution in [0.15, 0.2) is 29.0 Å². The van der Waals surface area contributed by atoms with Gasteiger partial charge in [0.05, 0.1) is 23.3 Å². The minimum Gasteiger partial charge on any atom is -0.469 e. The Labute approximate surface area is 146 Å². The van der Waals surface area contributed by atoms with E-state index < -0.39 is 0 Å². The Kier molecular flexibility index (Phi) is 3.86. The molecular formula is C18H22N4O3. The number of carbonyl (C=O) groups excluding carboxylic acids is 2. The van der Waals surface area contributed by atoms with E-state index in [0.29, 0.717) is 24.2 Å². The molecule has 0 radical (unpaired) electrons. The zero-order chi connectivity index (χ0) is 17.6. The first-order valence-electron chi connectivity index (χ1n) is 8.69. The van der Waals surface area contributed by atoms with Crippen LogP contribution in [-0.2, 0) is 11.8 Å². The second kappa shape index (κ2) is 6.06. The number of likely N-dealkylation sites (tertiary alicyclic amines) is 1. The normalized spacial score (nSPS) is 23.8. The van der Waals surface area contributed by atoms with Gasteiger partial charge in [-0.1, -0.05) is 0 Å². The quantitative estimate of drug-likeness (QED) is 0.921. The number of nitrogens with one attached hydrogen (secondary N) is 1. The number of aromatic nitrogens is 2. The van der Waals surface area contributed by atoms with Crippen LogP contribution in [0.1, 0.15) is 53.5 Å². The lowest BCUT2D eigenvalue weighted by Crippen LogP contribution is -2.53. The number of furan rings is 1. The smallest absolute Gasteiger partial charge is 0.254 e. The average molecular weight is 342 g/mol. The molecule has 7 heteroatoms. The van der Waals surface area contributed by atoms with Crippen LogP contribution in [0.5, 0.6) is 0 Å². The molecule has 1 N–H and O–H groups in total. The number of amides is 2. The Bertz CT molecular complexity index is 805. The first-order chi connectivity index (χ1) is 12.0. The van der Waals surface area contributed by atoms with Crippen molar-refractivity contribution >= 4 is 11.8 Å². The third kappa shape index (κ3) is 2.94. The molecule has 7 nitrogen and oxygen atoms in total. The zero-order valence-corrected chi connectivity index (χ0v) is 14.4. The van der Waals surface area contributed by atoms with Crippen molar-refractivity contribution in [2.24, 2.45) is 7.05 Å². The zero-order valence-electron chi connectivity index (χ0n) is 14.4. The van der Waals surface area contributed by atoms with Gasteiger partial charge in [0, 0.05) is 25.7 Å². The lowest BCUT2D eigenvalue weighted by Gasteiger charge is -2.41. The molecule has 0 spiro atoms. The molecule has 3 heterocycles. The van der Waals surface area contributed by atoms with Gasteiger partial charge < -0.3 is 14.6 Å². The van der Waals surface area contributed by atoms with Gasteiger partial charge in [0.15, 0.2) is 0 Å². The van der Waals surface area contributed by atoms with Crippen molar-refractivity contribution < 1.29 is 14.0 Å². The number of hydrogen-bond acceptors (Lipinski definition) is 4. The summed E-state index contributed by atoms with van der Waals surface area (Å²) >= 11 is 0. The summed E-state index contributed by atoms with van der Waals surface area (Å²) in [6, 6.07) is 3.61. The summed E-state index contributed by atoms with van der Waals surface area (Å²) in [5, 5.41) is 7.37. The minimum atomic E-state index is -0.182. The van der Waals surface area contributed by atoms with Gasteiger partial charge in [-0.2, -0.15) is 5.10 Å². The maximum atomic E-state index is 12.6. The summed E-state index contributed by atoms with van der Waals surface area (Å²) in [5.41, 5.74) is 1.46. The predicted octanol–water partition coefficient (Wildman–Crippen LogP) is 1.95. The summed E-state index contributed by atoms with van der Waals surface area (Å²) in [6.45, 7) is 1.81. The maximum Gasteiger partial charge on any atom is 0.254 e. The van der Waals surface area contributed by atoms with Gasteiger partial charge in [0.1, 0.15) is 12.0 Å². The first-order valence-corrected chi connectivity index (χ1v) is 8.69. The highest BCUT2D eigenvalue weighted by atomic mass is 16.3. The molecule has 0 bridgehead atoms. The van der Waals surface area contributed by atoms with E-state index in [0.717, 1.165) is 18.5 Å². The van der Waals surface area contributed by atoms with E-state index >= 15 is 0 Å². The topological polar surface area (TPSA) is 80.4 Å². The van der Waals surface area contributed by atoms with Gasteiger partial charge in [-0.3, -0.25) is 14.3 Å². The van der Waals surface area contributed by atoms with Crippen LogP contribution in [0.2, 0.25) is 0 Å². The fraction of sp³-hybridized carbons (Fsp3) is 0.500. The van der Waals surface area contributed by atoms with Crippen molar-refractivity contribution in [2.75, 3.05) is 0 Å². The van der Waals surface area contributed by atoms with Gasteiger partial charge in [-0.05, 0) is 38.3 Å². The summed E-state index contributed by atoms with van der Waals surface area (Å²) < 4.78 is 7.03. The second-order valence-electron chi connectivity index (χ2n) is 6.92.